The SMILES string of the molecule is Cc1cc(F)c(COc2nsc(NC(=O)NCCCC(O)CN3CCOCC3)c2C(N)=O)cc1F. The topological polar surface area (TPSA) is 139 Å². The fourth-order valence-corrected chi connectivity index (χ4v) is 4.22. The molecule has 1 aromatic carbocycles. The summed E-state index contributed by atoms with van der Waals surface area (Å²) >= 11 is 0.770. The molecule has 0 aliphatic carbocycles. The standard InChI is InChI=1S/C22H29F2N5O5S/c1-13-9-17(24)14(10-16(13)23)12-34-20-18(19(25)31)21(35-28-20)27-22(32)26-4-2-3-15(30)11-29-5-7-33-8-6-29/h9-10,15,30H,2-8,11-12H2,1H3,(H2,25,31)(H2,26,27,32). The number of carbonyl (C=O) groups excluding carboxylic acids is 2. The average Bonchev–Trinajstić information content (AvgIpc) is 3.21. The summed E-state index contributed by atoms with van der Waals surface area (Å²) in [5, 5.41) is 15.4. The molecule has 1 saturated heterocycles. The van der Waals surface area contributed by atoms with Crippen molar-refractivity contribution >= 4 is 28.5 Å². The maximum atomic E-state index is 14.0. The third-order valence-electron chi connectivity index (χ3n) is 5.40. The second-order valence-corrected chi connectivity index (χ2v) is 8.90. The Morgan fingerprint density at radius 2 is 2.06 bits per heavy atom. The van der Waals surface area contributed by atoms with E-state index in [1.54, 1.807) is 0 Å². The quantitative estimate of drug-likeness (QED) is 0.337. The number of halogens is 2. The largest absolute Gasteiger partial charge is 0.471 e. The minimum Gasteiger partial charge on any atom is -0.471 e. The molecule has 192 valence electrons. The molecule has 5 N–H and O–H groups in total. The van der Waals surface area contributed by atoms with Gasteiger partial charge in [-0.1, -0.05) is 0 Å². The third kappa shape index (κ3) is 7.82. The second kappa shape index (κ2) is 12.7. The van der Waals surface area contributed by atoms with E-state index >= 15 is 0 Å². The van der Waals surface area contributed by atoms with E-state index in [9.17, 15) is 23.5 Å². The highest BCUT2D eigenvalue weighted by atomic mass is 32.1. The number of hydrogen-bond acceptors (Lipinski definition) is 8. The van der Waals surface area contributed by atoms with Crippen molar-refractivity contribution in [3.8, 4) is 5.88 Å². The zero-order valence-electron chi connectivity index (χ0n) is 19.3. The number of hydrogen-bond donors (Lipinski definition) is 4. The molecular formula is C22H29F2N5O5S. The van der Waals surface area contributed by atoms with Crippen molar-refractivity contribution in [2.45, 2.75) is 32.5 Å². The number of urea groups is 1. The number of ether oxygens (including phenoxy) is 2. The van der Waals surface area contributed by atoms with Crippen LogP contribution in [0.3, 0.4) is 0 Å². The Morgan fingerprint density at radius 3 is 2.77 bits per heavy atom. The van der Waals surface area contributed by atoms with Crippen LogP contribution < -0.4 is 21.1 Å². The van der Waals surface area contributed by atoms with Crippen LogP contribution in [-0.2, 0) is 11.3 Å². The highest BCUT2D eigenvalue weighted by molar-refractivity contribution is 7.11. The van der Waals surface area contributed by atoms with E-state index in [0.717, 1.165) is 36.8 Å². The van der Waals surface area contributed by atoms with Crippen molar-refractivity contribution in [3.63, 3.8) is 0 Å². The number of morpholine rings is 1. The number of aliphatic hydroxyl groups is 1. The van der Waals surface area contributed by atoms with Crippen molar-refractivity contribution in [2.75, 3.05) is 44.7 Å². The fourth-order valence-electron chi connectivity index (χ4n) is 3.48. The number of aromatic nitrogens is 1. The third-order valence-corrected chi connectivity index (χ3v) is 6.14. The van der Waals surface area contributed by atoms with Crippen molar-refractivity contribution in [3.05, 3.63) is 40.5 Å². The summed E-state index contributed by atoms with van der Waals surface area (Å²) in [6.45, 7) is 4.81. The molecule has 0 bridgehead atoms. The minimum absolute atomic E-state index is 0.0559. The van der Waals surface area contributed by atoms with Gasteiger partial charge in [-0.25, -0.2) is 13.6 Å². The maximum absolute atomic E-state index is 14.0. The van der Waals surface area contributed by atoms with Crippen molar-refractivity contribution < 1.29 is 33.0 Å². The summed E-state index contributed by atoms with van der Waals surface area (Å²) in [6.07, 6.45) is 0.559. The van der Waals surface area contributed by atoms with Gasteiger partial charge in [0.15, 0.2) is 0 Å². The van der Waals surface area contributed by atoms with Gasteiger partial charge in [-0.05, 0) is 49.0 Å². The van der Waals surface area contributed by atoms with Crippen molar-refractivity contribution in [1.82, 2.24) is 14.6 Å². The maximum Gasteiger partial charge on any atom is 0.319 e. The van der Waals surface area contributed by atoms with Gasteiger partial charge >= 0.3 is 6.03 Å². The van der Waals surface area contributed by atoms with Gasteiger partial charge in [-0.3, -0.25) is 15.0 Å². The lowest BCUT2D eigenvalue weighted by Gasteiger charge is -2.28. The Morgan fingerprint density at radius 1 is 1.31 bits per heavy atom. The van der Waals surface area contributed by atoms with Gasteiger partial charge in [0, 0.05) is 31.7 Å². The number of anilines is 1. The van der Waals surface area contributed by atoms with Crippen LogP contribution in [0, 0.1) is 18.6 Å². The van der Waals surface area contributed by atoms with Crippen LogP contribution in [0.1, 0.15) is 34.3 Å². The Hall–Kier alpha value is -2.87. The summed E-state index contributed by atoms with van der Waals surface area (Å²) in [5.41, 5.74) is 5.34. The molecule has 2 heterocycles. The number of rotatable bonds is 11. The monoisotopic (exact) mass is 513 g/mol. The summed E-state index contributed by atoms with van der Waals surface area (Å²) < 4.78 is 42.4. The van der Waals surface area contributed by atoms with E-state index in [4.69, 9.17) is 15.2 Å². The molecule has 3 amide bonds. The van der Waals surface area contributed by atoms with E-state index in [1.807, 2.05) is 0 Å². The Bertz CT molecular complexity index is 1030. The predicted molar refractivity (Wildman–Crippen MR) is 126 cm³/mol. The average molecular weight is 514 g/mol. The number of primary amides is 1. The number of carbonyl (C=O) groups is 2. The van der Waals surface area contributed by atoms with Gasteiger partial charge in [0.05, 0.1) is 19.3 Å². The zero-order valence-corrected chi connectivity index (χ0v) is 20.1. The molecule has 1 aliphatic heterocycles. The summed E-state index contributed by atoms with van der Waals surface area (Å²) in [6, 6.07) is 1.46. The fraction of sp³-hybridized carbons (Fsp3) is 0.500. The number of nitrogens with one attached hydrogen (secondary N) is 2. The lowest BCUT2D eigenvalue weighted by atomic mass is 10.1. The Labute approximate surface area is 205 Å². The molecule has 1 aliphatic rings. The van der Waals surface area contributed by atoms with E-state index in [1.165, 1.54) is 6.92 Å². The molecule has 1 aromatic heterocycles. The molecule has 2 aromatic rings. The second-order valence-electron chi connectivity index (χ2n) is 8.13. The van der Waals surface area contributed by atoms with Crippen LogP contribution >= 0.6 is 11.5 Å². The summed E-state index contributed by atoms with van der Waals surface area (Å²) in [7, 11) is 0. The van der Waals surface area contributed by atoms with E-state index < -0.39 is 29.7 Å². The zero-order chi connectivity index (χ0) is 25.4. The van der Waals surface area contributed by atoms with Gasteiger partial charge in [-0.2, -0.15) is 4.37 Å². The number of aryl methyl sites for hydroxylation is 1. The Kier molecular flexibility index (Phi) is 9.72. The molecule has 1 fully saturated rings. The molecule has 1 unspecified atom stereocenters. The van der Waals surface area contributed by atoms with Crippen LogP contribution in [-0.4, -0.2) is 71.8 Å². The molecule has 0 radical (unpaired) electrons. The number of nitrogens with two attached hydrogens (primary N) is 1. The number of amides is 3. The molecule has 3 rings (SSSR count). The van der Waals surface area contributed by atoms with Gasteiger partial charge in [0.1, 0.15) is 28.8 Å². The number of β-amino-alcohol motifs (C(OH)–C–C–N with tert-alkyl or cyclic N) is 1. The van der Waals surface area contributed by atoms with Crippen LogP contribution in [0.5, 0.6) is 5.88 Å². The van der Waals surface area contributed by atoms with Gasteiger partial charge < -0.3 is 25.6 Å². The molecule has 0 spiro atoms. The normalized spacial score (nSPS) is 15.0. The first-order valence-corrected chi connectivity index (χ1v) is 11.9. The van der Waals surface area contributed by atoms with Gasteiger partial charge in [-0.15, -0.1) is 0 Å². The molecule has 13 heteroatoms. The van der Waals surface area contributed by atoms with Crippen molar-refractivity contribution in [1.29, 1.82) is 0 Å². The summed E-state index contributed by atoms with van der Waals surface area (Å²) in [5.74, 6) is -2.34. The van der Waals surface area contributed by atoms with Crippen molar-refractivity contribution in [2.24, 2.45) is 5.73 Å². The van der Waals surface area contributed by atoms with E-state index in [0.29, 0.717) is 39.1 Å². The highest BCUT2D eigenvalue weighted by Gasteiger charge is 2.22. The summed E-state index contributed by atoms with van der Waals surface area (Å²) in [4.78, 5) is 26.3. The lowest BCUT2D eigenvalue weighted by molar-refractivity contribution is 0.0129. The van der Waals surface area contributed by atoms with E-state index in [-0.39, 0.29) is 34.2 Å². The van der Waals surface area contributed by atoms with Gasteiger partial charge in [0.2, 0.25) is 5.88 Å². The Balaban J connectivity index is 1.47. The van der Waals surface area contributed by atoms with Crippen LogP contribution in [0.25, 0.3) is 0 Å². The minimum atomic E-state index is -0.897. The predicted octanol–water partition coefficient (Wildman–Crippen LogP) is 2.00. The molecule has 1 atom stereocenters. The molecular weight excluding hydrogens is 484 g/mol. The van der Waals surface area contributed by atoms with E-state index in [2.05, 4.69) is 19.9 Å². The van der Waals surface area contributed by atoms with Crippen LogP contribution in [0.4, 0.5) is 18.6 Å². The highest BCUT2D eigenvalue weighted by Crippen LogP contribution is 2.31. The van der Waals surface area contributed by atoms with Gasteiger partial charge in [0.25, 0.3) is 5.91 Å². The molecule has 35 heavy (non-hydrogen) atoms. The first kappa shape index (κ1) is 26.7. The smallest absolute Gasteiger partial charge is 0.319 e. The molecule has 0 saturated carbocycles. The number of nitrogens with zero attached hydrogens (tertiary/aromatic N) is 2. The first-order valence-electron chi connectivity index (χ1n) is 11.1. The number of benzene rings is 1. The van der Waals surface area contributed by atoms with Crippen LogP contribution in [0.2, 0.25) is 0 Å². The first-order chi connectivity index (χ1) is 16.7. The number of aliphatic hydroxyl groups excluding tert-OH is 1. The molecule has 10 nitrogen and oxygen atoms in total. The lowest BCUT2D eigenvalue weighted by Crippen LogP contribution is -2.41. The van der Waals surface area contributed by atoms with Crippen LogP contribution in [0.15, 0.2) is 12.1 Å².